The van der Waals surface area contributed by atoms with Crippen LogP contribution in [0.1, 0.15) is 37.9 Å². The van der Waals surface area contributed by atoms with E-state index in [-0.39, 0.29) is 0 Å². The molecule has 0 aliphatic heterocycles. The van der Waals surface area contributed by atoms with Gasteiger partial charge >= 0.3 is 0 Å². The first-order valence-electron chi connectivity index (χ1n) is 5.98. The van der Waals surface area contributed by atoms with E-state index in [1.54, 1.807) is 7.11 Å². The van der Waals surface area contributed by atoms with E-state index in [2.05, 4.69) is 51.2 Å². The first kappa shape index (κ1) is 13.0. The standard InChI is InChI=1S/C14H23NO/c1-6-15-14(10(2)3)12-9-11(4)7-8-13(12)16-5/h7-10,14-15H,6H2,1-5H3. The van der Waals surface area contributed by atoms with Crippen LogP contribution in [0.5, 0.6) is 5.75 Å². The van der Waals surface area contributed by atoms with Gasteiger partial charge in [-0.1, -0.05) is 38.5 Å². The highest BCUT2D eigenvalue weighted by Crippen LogP contribution is 2.30. The third-order valence-corrected chi connectivity index (χ3v) is 2.81. The molecule has 0 radical (unpaired) electrons. The van der Waals surface area contributed by atoms with Crippen LogP contribution < -0.4 is 10.1 Å². The van der Waals surface area contributed by atoms with Crippen molar-refractivity contribution in [2.45, 2.75) is 33.7 Å². The molecule has 0 saturated heterocycles. The van der Waals surface area contributed by atoms with E-state index in [1.165, 1.54) is 11.1 Å². The summed E-state index contributed by atoms with van der Waals surface area (Å²) >= 11 is 0. The zero-order valence-electron chi connectivity index (χ0n) is 11.0. The predicted octanol–water partition coefficient (Wildman–Crippen LogP) is 3.31. The molecular formula is C14H23NO. The molecule has 0 heterocycles. The number of hydrogen-bond acceptors (Lipinski definition) is 2. The maximum Gasteiger partial charge on any atom is 0.123 e. The highest BCUT2D eigenvalue weighted by molar-refractivity contribution is 5.39. The highest BCUT2D eigenvalue weighted by atomic mass is 16.5. The van der Waals surface area contributed by atoms with Gasteiger partial charge in [-0.05, 0) is 25.5 Å². The van der Waals surface area contributed by atoms with Crippen molar-refractivity contribution in [1.29, 1.82) is 0 Å². The van der Waals surface area contributed by atoms with Crippen LogP contribution in [0, 0.1) is 12.8 Å². The number of hydrogen-bond donors (Lipinski definition) is 1. The minimum Gasteiger partial charge on any atom is -0.496 e. The Morgan fingerprint density at radius 3 is 2.50 bits per heavy atom. The molecule has 1 aromatic carbocycles. The molecular weight excluding hydrogens is 198 g/mol. The van der Waals surface area contributed by atoms with Gasteiger partial charge in [0.25, 0.3) is 0 Å². The first-order valence-corrected chi connectivity index (χ1v) is 5.98. The van der Waals surface area contributed by atoms with Crippen molar-refractivity contribution in [1.82, 2.24) is 5.32 Å². The fourth-order valence-electron chi connectivity index (χ4n) is 2.02. The SMILES string of the molecule is CCNC(c1cc(C)ccc1OC)C(C)C. The Morgan fingerprint density at radius 1 is 1.31 bits per heavy atom. The lowest BCUT2D eigenvalue weighted by Gasteiger charge is -2.24. The molecule has 0 amide bonds. The molecule has 0 bridgehead atoms. The fraction of sp³-hybridized carbons (Fsp3) is 0.571. The van der Waals surface area contributed by atoms with Gasteiger partial charge in [-0.15, -0.1) is 0 Å². The van der Waals surface area contributed by atoms with Crippen molar-refractivity contribution in [2.75, 3.05) is 13.7 Å². The van der Waals surface area contributed by atoms with Gasteiger partial charge in [-0.3, -0.25) is 0 Å². The first-order chi connectivity index (χ1) is 7.60. The van der Waals surface area contributed by atoms with Crippen LogP contribution in [0.4, 0.5) is 0 Å². The van der Waals surface area contributed by atoms with Crippen molar-refractivity contribution in [3.05, 3.63) is 29.3 Å². The molecule has 2 heteroatoms. The normalized spacial score (nSPS) is 12.9. The lowest BCUT2D eigenvalue weighted by molar-refractivity contribution is 0.374. The van der Waals surface area contributed by atoms with Gasteiger partial charge in [-0.25, -0.2) is 0 Å². The summed E-state index contributed by atoms with van der Waals surface area (Å²) < 4.78 is 5.44. The summed E-state index contributed by atoms with van der Waals surface area (Å²) in [7, 11) is 1.73. The van der Waals surface area contributed by atoms with E-state index in [0.29, 0.717) is 12.0 Å². The lowest BCUT2D eigenvalue weighted by Crippen LogP contribution is -2.26. The number of aryl methyl sites for hydroxylation is 1. The Labute approximate surface area is 99.0 Å². The summed E-state index contributed by atoms with van der Waals surface area (Å²) in [4.78, 5) is 0. The van der Waals surface area contributed by atoms with Crippen LogP contribution in [0.25, 0.3) is 0 Å². The molecule has 0 saturated carbocycles. The fourth-order valence-corrected chi connectivity index (χ4v) is 2.02. The zero-order valence-corrected chi connectivity index (χ0v) is 11.0. The average Bonchev–Trinajstić information content (AvgIpc) is 2.25. The molecule has 0 spiro atoms. The Bertz CT molecular complexity index is 334. The van der Waals surface area contributed by atoms with Crippen LogP contribution in [-0.4, -0.2) is 13.7 Å². The Morgan fingerprint density at radius 2 is 2.00 bits per heavy atom. The van der Waals surface area contributed by atoms with E-state index in [4.69, 9.17) is 4.74 Å². The minimum absolute atomic E-state index is 0.361. The van der Waals surface area contributed by atoms with Crippen LogP contribution in [-0.2, 0) is 0 Å². The quantitative estimate of drug-likeness (QED) is 0.823. The Hall–Kier alpha value is -1.02. The predicted molar refractivity (Wildman–Crippen MR) is 69.0 cm³/mol. The smallest absolute Gasteiger partial charge is 0.123 e. The Kier molecular flexibility index (Phi) is 4.81. The summed E-state index contributed by atoms with van der Waals surface area (Å²) in [5.74, 6) is 1.53. The van der Waals surface area contributed by atoms with Gasteiger partial charge in [0.05, 0.1) is 7.11 Å². The summed E-state index contributed by atoms with van der Waals surface area (Å²) in [5.41, 5.74) is 2.54. The van der Waals surface area contributed by atoms with E-state index in [9.17, 15) is 0 Å². The van der Waals surface area contributed by atoms with E-state index in [0.717, 1.165) is 12.3 Å². The van der Waals surface area contributed by atoms with Crippen molar-refractivity contribution in [3.63, 3.8) is 0 Å². The lowest BCUT2D eigenvalue weighted by atomic mass is 9.94. The summed E-state index contributed by atoms with van der Waals surface area (Å²) in [6.07, 6.45) is 0. The maximum atomic E-state index is 5.44. The molecule has 1 rings (SSSR count). The van der Waals surface area contributed by atoms with Crippen LogP contribution >= 0.6 is 0 Å². The molecule has 0 aliphatic rings. The number of methoxy groups -OCH3 is 1. The van der Waals surface area contributed by atoms with Gasteiger partial charge in [0.15, 0.2) is 0 Å². The topological polar surface area (TPSA) is 21.3 Å². The van der Waals surface area contributed by atoms with Crippen molar-refractivity contribution >= 4 is 0 Å². The highest BCUT2D eigenvalue weighted by Gasteiger charge is 2.18. The van der Waals surface area contributed by atoms with Crippen molar-refractivity contribution in [2.24, 2.45) is 5.92 Å². The second-order valence-electron chi connectivity index (χ2n) is 4.52. The molecule has 1 atom stereocenters. The third-order valence-electron chi connectivity index (χ3n) is 2.81. The van der Waals surface area contributed by atoms with Gasteiger partial charge in [-0.2, -0.15) is 0 Å². The van der Waals surface area contributed by atoms with Crippen molar-refractivity contribution in [3.8, 4) is 5.75 Å². The average molecular weight is 221 g/mol. The number of ether oxygens (including phenoxy) is 1. The summed E-state index contributed by atoms with van der Waals surface area (Å²) in [6.45, 7) is 9.69. The van der Waals surface area contributed by atoms with Gasteiger partial charge in [0.2, 0.25) is 0 Å². The van der Waals surface area contributed by atoms with Gasteiger partial charge in [0, 0.05) is 11.6 Å². The summed E-state index contributed by atoms with van der Waals surface area (Å²) in [5, 5.41) is 3.52. The molecule has 2 nitrogen and oxygen atoms in total. The van der Waals surface area contributed by atoms with Crippen molar-refractivity contribution < 1.29 is 4.74 Å². The summed E-state index contributed by atoms with van der Waals surface area (Å²) in [6, 6.07) is 6.72. The molecule has 0 aliphatic carbocycles. The zero-order chi connectivity index (χ0) is 12.1. The maximum absolute atomic E-state index is 5.44. The van der Waals surface area contributed by atoms with Gasteiger partial charge < -0.3 is 10.1 Å². The molecule has 90 valence electrons. The second kappa shape index (κ2) is 5.90. The molecule has 0 fully saturated rings. The van der Waals surface area contributed by atoms with Gasteiger partial charge in [0.1, 0.15) is 5.75 Å². The molecule has 1 aromatic rings. The largest absolute Gasteiger partial charge is 0.496 e. The second-order valence-corrected chi connectivity index (χ2v) is 4.52. The number of nitrogens with one attached hydrogen (secondary N) is 1. The Balaban J connectivity index is 3.10. The number of rotatable bonds is 5. The number of benzene rings is 1. The molecule has 1 N–H and O–H groups in total. The molecule has 1 unspecified atom stereocenters. The van der Waals surface area contributed by atoms with Crippen LogP contribution in [0.3, 0.4) is 0 Å². The molecule has 0 aromatic heterocycles. The van der Waals surface area contributed by atoms with E-state index >= 15 is 0 Å². The molecule has 16 heavy (non-hydrogen) atoms. The van der Waals surface area contributed by atoms with E-state index in [1.807, 2.05) is 0 Å². The van der Waals surface area contributed by atoms with Crippen LogP contribution in [0.2, 0.25) is 0 Å². The van der Waals surface area contributed by atoms with Crippen LogP contribution in [0.15, 0.2) is 18.2 Å². The monoisotopic (exact) mass is 221 g/mol. The minimum atomic E-state index is 0.361. The van der Waals surface area contributed by atoms with E-state index < -0.39 is 0 Å². The third kappa shape index (κ3) is 2.99.